The van der Waals surface area contributed by atoms with E-state index in [0.717, 1.165) is 5.56 Å². The minimum Gasteiger partial charge on any atom is -0.493 e. The zero-order valence-corrected chi connectivity index (χ0v) is 16.0. The summed E-state index contributed by atoms with van der Waals surface area (Å²) in [6, 6.07) is 15.7. The molecule has 148 valence electrons. The lowest BCUT2D eigenvalue weighted by atomic mass is 10.1. The van der Waals surface area contributed by atoms with Crippen LogP contribution in [0.2, 0.25) is 0 Å². The highest BCUT2D eigenvalue weighted by molar-refractivity contribution is 5.94. The second kappa shape index (κ2) is 9.32. The third-order valence-corrected chi connectivity index (χ3v) is 4.00. The first-order valence-corrected chi connectivity index (χ1v) is 8.91. The number of rotatable bonds is 7. The second-order valence-electron chi connectivity index (χ2n) is 5.91. The van der Waals surface area contributed by atoms with E-state index in [1.807, 2.05) is 31.2 Å². The zero-order valence-electron chi connectivity index (χ0n) is 16.0. The number of amides is 1. The zero-order chi connectivity index (χ0) is 20.6. The molecule has 0 aliphatic carbocycles. The Morgan fingerprint density at radius 3 is 2.66 bits per heavy atom. The van der Waals surface area contributed by atoms with Crippen molar-refractivity contribution in [2.75, 3.05) is 13.7 Å². The number of nitrogens with zero attached hydrogens (tertiary/aromatic N) is 2. The number of hydrogen-bond donors (Lipinski definition) is 2. The quantitative estimate of drug-likeness (QED) is 0.365. The molecule has 3 rings (SSSR count). The lowest BCUT2D eigenvalue weighted by Gasteiger charge is -2.07. The van der Waals surface area contributed by atoms with Crippen molar-refractivity contribution in [3.63, 3.8) is 0 Å². The maximum Gasteiger partial charge on any atom is 0.337 e. The van der Waals surface area contributed by atoms with Gasteiger partial charge in [-0.3, -0.25) is 9.89 Å². The highest BCUT2D eigenvalue weighted by atomic mass is 16.5. The van der Waals surface area contributed by atoms with Crippen molar-refractivity contribution >= 4 is 18.1 Å². The summed E-state index contributed by atoms with van der Waals surface area (Å²) in [6.07, 6.45) is 1.47. The monoisotopic (exact) mass is 392 g/mol. The molecule has 8 nitrogen and oxygen atoms in total. The molecular formula is C21H20N4O4. The first kappa shape index (κ1) is 19.8. The molecule has 0 fully saturated rings. The van der Waals surface area contributed by atoms with Crippen molar-refractivity contribution in [1.29, 1.82) is 0 Å². The van der Waals surface area contributed by atoms with Gasteiger partial charge >= 0.3 is 5.97 Å². The summed E-state index contributed by atoms with van der Waals surface area (Å²) in [4.78, 5) is 23.7. The fourth-order valence-electron chi connectivity index (χ4n) is 2.58. The van der Waals surface area contributed by atoms with E-state index < -0.39 is 11.9 Å². The van der Waals surface area contributed by atoms with E-state index in [-0.39, 0.29) is 5.69 Å². The molecule has 0 atom stereocenters. The summed E-state index contributed by atoms with van der Waals surface area (Å²) in [5, 5.41) is 10.8. The molecule has 3 aromatic rings. The van der Waals surface area contributed by atoms with Gasteiger partial charge in [-0.05, 0) is 42.8 Å². The van der Waals surface area contributed by atoms with Crippen LogP contribution in [0.25, 0.3) is 11.3 Å². The van der Waals surface area contributed by atoms with Gasteiger partial charge in [-0.1, -0.05) is 24.3 Å². The molecule has 1 aromatic heterocycles. The lowest BCUT2D eigenvalue weighted by molar-refractivity contribution is 0.0600. The van der Waals surface area contributed by atoms with Crippen LogP contribution in [-0.2, 0) is 4.74 Å². The molecule has 8 heteroatoms. The van der Waals surface area contributed by atoms with Crippen LogP contribution in [0.15, 0.2) is 59.7 Å². The van der Waals surface area contributed by atoms with Crippen LogP contribution in [0.1, 0.15) is 33.3 Å². The molecular weight excluding hydrogens is 372 g/mol. The minimum absolute atomic E-state index is 0.268. The molecule has 0 saturated carbocycles. The third kappa shape index (κ3) is 4.86. The van der Waals surface area contributed by atoms with Crippen LogP contribution in [0.3, 0.4) is 0 Å². The SMILES string of the molecule is CCOc1ccccc1-c1cc(C(=O)N/N=C\c2ccc(C(=O)OC)cc2)[nH]n1. The number of hydrogen-bond acceptors (Lipinski definition) is 6. The number of esters is 1. The Kier molecular flexibility index (Phi) is 6.36. The predicted octanol–water partition coefficient (Wildman–Crippen LogP) is 3.03. The normalized spacial score (nSPS) is 10.7. The number of H-pyrrole nitrogens is 1. The number of methoxy groups -OCH3 is 1. The van der Waals surface area contributed by atoms with Gasteiger partial charge in [-0.25, -0.2) is 10.2 Å². The summed E-state index contributed by atoms with van der Waals surface area (Å²) in [5.74, 6) is -0.148. The van der Waals surface area contributed by atoms with Crippen LogP contribution in [0.4, 0.5) is 0 Å². The largest absolute Gasteiger partial charge is 0.493 e. The van der Waals surface area contributed by atoms with Crippen LogP contribution >= 0.6 is 0 Å². The molecule has 1 amide bonds. The van der Waals surface area contributed by atoms with Crippen molar-refractivity contribution in [3.8, 4) is 17.0 Å². The molecule has 0 aliphatic heterocycles. The first-order chi connectivity index (χ1) is 14.1. The molecule has 29 heavy (non-hydrogen) atoms. The lowest BCUT2D eigenvalue weighted by Crippen LogP contribution is -2.18. The third-order valence-electron chi connectivity index (χ3n) is 4.00. The highest BCUT2D eigenvalue weighted by Crippen LogP contribution is 2.28. The summed E-state index contributed by atoms with van der Waals surface area (Å²) in [6.45, 7) is 2.44. The summed E-state index contributed by atoms with van der Waals surface area (Å²) < 4.78 is 10.2. The Hall–Kier alpha value is -3.94. The van der Waals surface area contributed by atoms with Crippen LogP contribution in [0, 0.1) is 0 Å². The van der Waals surface area contributed by atoms with E-state index >= 15 is 0 Å². The molecule has 1 heterocycles. The Labute approximate surface area is 167 Å². The van der Waals surface area contributed by atoms with Crippen LogP contribution < -0.4 is 10.2 Å². The number of carbonyl (C=O) groups excluding carboxylic acids is 2. The number of ether oxygens (including phenoxy) is 2. The van der Waals surface area contributed by atoms with Crippen molar-refractivity contribution in [3.05, 3.63) is 71.4 Å². The number of carbonyl (C=O) groups is 2. The molecule has 0 spiro atoms. The number of nitrogens with one attached hydrogen (secondary N) is 2. The standard InChI is InChI=1S/C21H20N4O4/c1-3-29-19-7-5-4-6-16(19)17-12-18(24-23-17)20(26)25-22-13-14-8-10-15(11-9-14)21(27)28-2/h4-13H,3H2,1-2H3,(H,23,24)(H,25,26)/b22-13-. The van der Waals surface area contributed by atoms with E-state index in [0.29, 0.717) is 29.2 Å². The smallest absolute Gasteiger partial charge is 0.337 e. The van der Waals surface area contributed by atoms with Crippen molar-refractivity contribution in [1.82, 2.24) is 15.6 Å². The predicted molar refractivity (Wildman–Crippen MR) is 108 cm³/mol. The Morgan fingerprint density at radius 1 is 1.17 bits per heavy atom. The molecule has 0 bridgehead atoms. The summed E-state index contributed by atoms with van der Waals surface area (Å²) >= 11 is 0. The number of aromatic amines is 1. The molecule has 0 radical (unpaired) electrons. The van der Waals surface area contributed by atoms with Gasteiger partial charge in [0.1, 0.15) is 11.4 Å². The van der Waals surface area contributed by atoms with Gasteiger partial charge in [0.2, 0.25) is 0 Å². The molecule has 0 saturated heterocycles. The Balaban J connectivity index is 1.65. The van der Waals surface area contributed by atoms with Crippen LogP contribution in [0.5, 0.6) is 5.75 Å². The van der Waals surface area contributed by atoms with Gasteiger partial charge in [0.15, 0.2) is 0 Å². The first-order valence-electron chi connectivity index (χ1n) is 8.91. The molecule has 0 aliphatic rings. The van der Waals surface area contributed by atoms with Gasteiger partial charge in [0.05, 0.1) is 31.2 Å². The van der Waals surface area contributed by atoms with E-state index in [9.17, 15) is 9.59 Å². The Morgan fingerprint density at radius 2 is 1.93 bits per heavy atom. The fraction of sp³-hybridized carbons (Fsp3) is 0.143. The van der Waals surface area contributed by atoms with Gasteiger partial charge < -0.3 is 9.47 Å². The minimum atomic E-state index is -0.430. The van der Waals surface area contributed by atoms with E-state index in [1.54, 1.807) is 30.3 Å². The topological polar surface area (TPSA) is 106 Å². The van der Waals surface area contributed by atoms with Crippen molar-refractivity contribution < 1.29 is 19.1 Å². The van der Waals surface area contributed by atoms with Gasteiger partial charge in [0, 0.05) is 5.56 Å². The summed E-state index contributed by atoms with van der Waals surface area (Å²) in [7, 11) is 1.32. The van der Waals surface area contributed by atoms with Crippen LogP contribution in [-0.4, -0.2) is 42.0 Å². The molecule has 2 aromatic carbocycles. The summed E-state index contributed by atoms with van der Waals surface area (Å²) in [5.41, 5.74) is 5.25. The van der Waals surface area contributed by atoms with Crippen molar-refractivity contribution in [2.45, 2.75) is 6.92 Å². The number of aromatic nitrogens is 2. The van der Waals surface area contributed by atoms with E-state index in [2.05, 4.69) is 25.5 Å². The van der Waals surface area contributed by atoms with Gasteiger partial charge in [-0.15, -0.1) is 0 Å². The van der Waals surface area contributed by atoms with Gasteiger partial charge in [0.25, 0.3) is 5.91 Å². The molecule has 2 N–H and O–H groups in total. The highest BCUT2D eigenvalue weighted by Gasteiger charge is 2.13. The maximum absolute atomic E-state index is 12.3. The van der Waals surface area contributed by atoms with Gasteiger partial charge in [-0.2, -0.15) is 10.2 Å². The Bertz CT molecular complexity index is 1030. The second-order valence-corrected chi connectivity index (χ2v) is 5.91. The number of para-hydroxylation sites is 1. The van der Waals surface area contributed by atoms with E-state index in [1.165, 1.54) is 13.3 Å². The maximum atomic E-state index is 12.3. The fourth-order valence-corrected chi connectivity index (χ4v) is 2.58. The van der Waals surface area contributed by atoms with E-state index in [4.69, 9.17) is 4.74 Å². The van der Waals surface area contributed by atoms with Crippen molar-refractivity contribution in [2.24, 2.45) is 5.10 Å². The molecule has 0 unspecified atom stereocenters. The average Bonchev–Trinajstić information content (AvgIpc) is 3.24. The number of benzene rings is 2. The average molecular weight is 392 g/mol. The number of hydrazone groups is 1.